The van der Waals surface area contributed by atoms with Crippen molar-refractivity contribution in [3.8, 4) is 11.5 Å². The van der Waals surface area contributed by atoms with Gasteiger partial charge in [-0.3, -0.25) is 14.7 Å². The van der Waals surface area contributed by atoms with Crippen molar-refractivity contribution in [3.05, 3.63) is 54.2 Å². The molecule has 0 N–H and O–H groups in total. The molecule has 3 heterocycles. The van der Waals surface area contributed by atoms with Gasteiger partial charge in [-0.15, -0.1) is 0 Å². The Morgan fingerprint density at radius 2 is 1.97 bits per heavy atom. The number of amides is 1. The first-order valence-electron chi connectivity index (χ1n) is 11.9. The standard InChI is InChI=1S/C27H31N3O3/c1-19-5-3-12-29(19)13-4-14-33-24-8-10-26-20(16-24)6-11-27(31)30(26)22-15-21-17-23(32-2)7-9-25(21)28-18-22/h7-10,15-19H,3-6,11-14H2,1-2H3/t19-/m1/s1. The SMILES string of the molecule is COc1ccc2ncc(N3C(=O)CCc4cc(OCCCN5CCC[C@H]5C)ccc43)cc2c1. The van der Waals surface area contributed by atoms with Gasteiger partial charge in [0.1, 0.15) is 11.5 Å². The average molecular weight is 446 g/mol. The lowest BCUT2D eigenvalue weighted by Crippen LogP contribution is -2.31. The van der Waals surface area contributed by atoms with E-state index in [0.29, 0.717) is 19.1 Å². The smallest absolute Gasteiger partial charge is 0.231 e. The summed E-state index contributed by atoms with van der Waals surface area (Å²) in [4.78, 5) is 21.8. The van der Waals surface area contributed by atoms with E-state index in [-0.39, 0.29) is 5.91 Å². The normalized spacial score (nSPS) is 18.5. The predicted molar refractivity (Wildman–Crippen MR) is 131 cm³/mol. The van der Waals surface area contributed by atoms with Crippen LogP contribution < -0.4 is 14.4 Å². The van der Waals surface area contributed by atoms with Crippen LogP contribution in [-0.4, -0.2) is 48.6 Å². The van der Waals surface area contributed by atoms with Gasteiger partial charge in [-0.05, 0) is 87.2 Å². The highest BCUT2D eigenvalue weighted by Crippen LogP contribution is 2.37. The van der Waals surface area contributed by atoms with Crippen LogP contribution in [0.1, 0.15) is 38.2 Å². The van der Waals surface area contributed by atoms with Crippen LogP contribution in [0.25, 0.3) is 10.9 Å². The van der Waals surface area contributed by atoms with Crippen molar-refractivity contribution in [1.29, 1.82) is 0 Å². The zero-order valence-corrected chi connectivity index (χ0v) is 19.4. The second-order valence-corrected chi connectivity index (χ2v) is 9.00. The fourth-order valence-corrected chi connectivity index (χ4v) is 4.97. The summed E-state index contributed by atoms with van der Waals surface area (Å²) in [7, 11) is 1.65. The van der Waals surface area contributed by atoms with Gasteiger partial charge in [-0.2, -0.15) is 0 Å². The molecule has 0 radical (unpaired) electrons. The van der Waals surface area contributed by atoms with Crippen molar-refractivity contribution < 1.29 is 14.3 Å². The number of fused-ring (bicyclic) bond motifs is 2. The van der Waals surface area contributed by atoms with E-state index in [2.05, 4.69) is 22.9 Å². The number of methoxy groups -OCH3 is 1. The van der Waals surface area contributed by atoms with Gasteiger partial charge < -0.3 is 14.4 Å². The lowest BCUT2D eigenvalue weighted by Gasteiger charge is -2.29. The van der Waals surface area contributed by atoms with E-state index in [1.54, 1.807) is 18.2 Å². The number of carbonyl (C=O) groups is 1. The highest BCUT2D eigenvalue weighted by Gasteiger charge is 2.26. The van der Waals surface area contributed by atoms with Gasteiger partial charge in [0.2, 0.25) is 5.91 Å². The van der Waals surface area contributed by atoms with Gasteiger partial charge >= 0.3 is 0 Å². The molecule has 0 bridgehead atoms. The minimum atomic E-state index is 0.0833. The first-order chi connectivity index (χ1) is 16.1. The monoisotopic (exact) mass is 445 g/mol. The molecule has 2 aliphatic heterocycles. The predicted octanol–water partition coefficient (Wildman–Crippen LogP) is 5.11. The fraction of sp³-hybridized carbons (Fsp3) is 0.407. The van der Waals surface area contributed by atoms with Gasteiger partial charge in [0.05, 0.1) is 36.8 Å². The molecule has 0 unspecified atom stereocenters. The number of ether oxygens (including phenoxy) is 2. The molecule has 0 aliphatic carbocycles. The van der Waals surface area contributed by atoms with Crippen LogP contribution in [0.4, 0.5) is 11.4 Å². The van der Waals surface area contributed by atoms with Gasteiger partial charge in [-0.1, -0.05) is 0 Å². The van der Waals surface area contributed by atoms with E-state index in [4.69, 9.17) is 9.47 Å². The topological polar surface area (TPSA) is 54.9 Å². The molecule has 1 aromatic heterocycles. The number of benzene rings is 2. The Balaban J connectivity index is 1.32. The lowest BCUT2D eigenvalue weighted by atomic mass is 10.00. The Morgan fingerprint density at radius 3 is 2.79 bits per heavy atom. The lowest BCUT2D eigenvalue weighted by molar-refractivity contribution is -0.118. The number of hydrogen-bond donors (Lipinski definition) is 0. The molecule has 1 fully saturated rings. The van der Waals surface area contributed by atoms with Crippen LogP contribution in [0, 0.1) is 0 Å². The first-order valence-corrected chi connectivity index (χ1v) is 11.9. The summed E-state index contributed by atoms with van der Waals surface area (Å²) in [6.45, 7) is 5.32. The van der Waals surface area contributed by atoms with Crippen LogP contribution >= 0.6 is 0 Å². The molecular formula is C27H31N3O3. The number of anilines is 2. The number of carbonyl (C=O) groups excluding carboxylic acids is 1. The van der Waals surface area contributed by atoms with Crippen molar-refractivity contribution in [1.82, 2.24) is 9.88 Å². The van der Waals surface area contributed by atoms with Crippen LogP contribution in [-0.2, 0) is 11.2 Å². The number of aryl methyl sites for hydroxylation is 1. The van der Waals surface area contributed by atoms with Crippen molar-refractivity contribution >= 4 is 28.2 Å². The van der Waals surface area contributed by atoms with Gasteiger partial charge in [0.15, 0.2) is 0 Å². The molecule has 0 spiro atoms. The largest absolute Gasteiger partial charge is 0.497 e. The Morgan fingerprint density at radius 1 is 1.09 bits per heavy atom. The molecule has 2 aromatic carbocycles. The molecule has 1 atom stereocenters. The Bertz CT molecular complexity index is 1160. The van der Waals surface area contributed by atoms with E-state index >= 15 is 0 Å². The van der Waals surface area contributed by atoms with Crippen molar-refractivity contribution in [2.45, 2.75) is 45.1 Å². The van der Waals surface area contributed by atoms with E-state index in [1.165, 1.54) is 19.4 Å². The highest BCUT2D eigenvalue weighted by molar-refractivity contribution is 6.04. The van der Waals surface area contributed by atoms with Crippen molar-refractivity contribution in [3.63, 3.8) is 0 Å². The van der Waals surface area contributed by atoms with Crippen LogP contribution in [0.3, 0.4) is 0 Å². The maximum Gasteiger partial charge on any atom is 0.231 e. The molecular weight excluding hydrogens is 414 g/mol. The molecule has 0 saturated carbocycles. The third-order valence-corrected chi connectivity index (χ3v) is 6.83. The number of rotatable bonds is 7. The van der Waals surface area contributed by atoms with Gasteiger partial charge in [-0.25, -0.2) is 0 Å². The second kappa shape index (κ2) is 9.40. The average Bonchev–Trinajstić information content (AvgIpc) is 3.25. The van der Waals surface area contributed by atoms with E-state index in [1.807, 2.05) is 36.4 Å². The molecule has 33 heavy (non-hydrogen) atoms. The zero-order valence-electron chi connectivity index (χ0n) is 19.4. The third-order valence-electron chi connectivity index (χ3n) is 6.83. The van der Waals surface area contributed by atoms with Crippen LogP contribution in [0.5, 0.6) is 11.5 Å². The van der Waals surface area contributed by atoms with E-state index < -0.39 is 0 Å². The van der Waals surface area contributed by atoms with E-state index in [0.717, 1.165) is 58.7 Å². The molecule has 1 amide bonds. The number of aromatic nitrogens is 1. The molecule has 1 saturated heterocycles. The Hall–Kier alpha value is -3.12. The number of nitrogens with zero attached hydrogens (tertiary/aromatic N) is 3. The number of pyridine rings is 1. The third kappa shape index (κ3) is 4.53. The number of likely N-dealkylation sites (tertiary alicyclic amines) is 1. The van der Waals surface area contributed by atoms with Crippen LogP contribution in [0.2, 0.25) is 0 Å². The summed E-state index contributed by atoms with van der Waals surface area (Å²) in [5.41, 5.74) is 3.69. The zero-order chi connectivity index (χ0) is 22.8. The van der Waals surface area contributed by atoms with Crippen LogP contribution in [0.15, 0.2) is 48.7 Å². The summed E-state index contributed by atoms with van der Waals surface area (Å²) < 4.78 is 11.4. The molecule has 6 nitrogen and oxygen atoms in total. The van der Waals surface area contributed by atoms with Crippen molar-refractivity contribution in [2.75, 3.05) is 31.7 Å². The maximum absolute atomic E-state index is 12.9. The van der Waals surface area contributed by atoms with Gasteiger partial charge in [0.25, 0.3) is 0 Å². The molecule has 172 valence electrons. The maximum atomic E-state index is 12.9. The highest BCUT2D eigenvalue weighted by atomic mass is 16.5. The van der Waals surface area contributed by atoms with Gasteiger partial charge in [0, 0.05) is 24.4 Å². The Labute approximate surface area is 195 Å². The molecule has 2 aliphatic rings. The summed E-state index contributed by atoms with van der Waals surface area (Å²) in [5.74, 6) is 1.73. The first kappa shape index (κ1) is 21.7. The number of hydrogen-bond acceptors (Lipinski definition) is 5. The summed E-state index contributed by atoms with van der Waals surface area (Å²) in [5, 5.41) is 0.944. The quantitative estimate of drug-likeness (QED) is 0.473. The summed E-state index contributed by atoms with van der Waals surface area (Å²) in [6, 6.07) is 14.5. The fourth-order valence-electron chi connectivity index (χ4n) is 4.97. The molecule has 6 heteroatoms. The van der Waals surface area contributed by atoms with E-state index in [9.17, 15) is 4.79 Å². The summed E-state index contributed by atoms with van der Waals surface area (Å²) >= 11 is 0. The van der Waals surface area contributed by atoms with Crippen molar-refractivity contribution in [2.24, 2.45) is 0 Å². The minimum Gasteiger partial charge on any atom is -0.497 e. The minimum absolute atomic E-state index is 0.0833. The summed E-state index contributed by atoms with van der Waals surface area (Å²) in [6.07, 6.45) is 6.61. The Kier molecular flexibility index (Phi) is 6.18. The molecule has 3 aromatic rings. The molecule has 5 rings (SSSR count). The second-order valence-electron chi connectivity index (χ2n) is 9.00.